The highest BCUT2D eigenvalue weighted by atomic mass is 14.9. The summed E-state index contributed by atoms with van der Waals surface area (Å²) in [6, 6.07) is 8.74. The third-order valence-corrected chi connectivity index (χ3v) is 4.17. The fourth-order valence-corrected chi connectivity index (χ4v) is 2.76. The number of hydrogen-bond acceptors (Lipinski definition) is 2. The first kappa shape index (κ1) is 16.7. The monoisotopic (exact) mass is 296 g/mol. The normalized spacial score (nSPS) is 11.1. The maximum Gasteiger partial charge on any atom is 0.159 e. The molecule has 22 heavy (non-hydrogen) atoms. The molecule has 0 fully saturated rings. The molecule has 0 N–H and O–H groups in total. The molecule has 118 valence electrons. The minimum atomic E-state index is 0.472. The molecular formula is C20H28N2. The van der Waals surface area contributed by atoms with E-state index in [2.05, 4.69) is 61.9 Å². The third kappa shape index (κ3) is 4.40. The molecule has 0 unspecified atom stereocenters. The number of benzene rings is 1. The van der Waals surface area contributed by atoms with Gasteiger partial charge in [-0.2, -0.15) is 0 Å². The molecule has 2 heteroatoms. The zero-order valence-electron chi connectivity index (χ0n) is 14.4. The minimum absolute atomic E-state index is 0.472. The van der Waals surface area contributed by atoms with Gasteiger partial charge in [0.1, 0.15) is 0 Å². The SMILES string of the molecule is CCCCCCc1ccc(-c2ncc(C(C)C)c(C)n2)cc1. The molecule has 1 heterocycles. The molecule has 1 aromatic heterocycles. The molecule has 0 amide bonds. The van der Waals surface area contributed by atoms with E-state index in [-0.39, 0.29) is 0 Å². The number of nitrogens with zero attached hydrogens (tertiary/aromatic N) is 2. The first-order chi connectivity index (χ1) is 10.6. The third-order valence-electron chi connectivity index (χ3n) is 4.17. The van der Waals surface area contributed by atoms with Gasteiger partial charge in [-0.1, -0.05) is 64.3 Å². The summed E-state index contributed by atoms with van der Waals surface area (Å²) in [6.07, 6.45) is 8.39. The van der Waals surface area contributed by atoms with Crippen LogP contribution < -0.4 is 0 Å². The van der Waals surface area contributed by atoms with Crippen molar-refractivity contribution < 1.29 is 0 Å². The van der Waals surface area contributed by atoms with Crippen LogP contribution in [0, 0.1) is 6.92 Å². The van der Waals surface area contributed by atoms with E-state index < -0.39 is 0 Å². The first-order valence-corrected chi connectivity index (χ1v) is 8.54. The van der Waals surface area contributed by atoms with Gasteiger partial charge in [0.05, 0.1) is 0 Å². The largest absolute Gasteiger partial charge is 0.236 e. The number of aryl methyl sites for hydroxylation is 2. The Morgan fingerprint density at radius 2 is 1.73 bits per heavy atom. The quantitative estimate of drug-likeness (QED) is 0.613. The van der Waals surface area contributed by atoms with Crippen LogP contribution in [0.3, 0.4) is 0 Å². The van der Waals surface area contributed by atoms with Crippen LogP contribution in [-0.2, 0) is 6.42 Å². The maximum atomic E-state index is 4.67. The van der Waals surface area contributed by atoms with Crippen molar-refractivity contribution in [3.05, 3.63) is 47.3 Å². The van der Waals surface area contributed by atoms with E-state index in [1.165, 1.54) is 43.2 Å². The molecule has 0 saturated heterocycles. The van der Waals surface area contributed by atoms with Gasteiger partial charge in [-0.3, -0.25) is 0 Å². The van der Waals surface area contributed by atoms with Crippen LogP contribution in [0.1, 0.15) is 69.2 Å². The summed E-state index contributed by atoms with van der Waals surface area (Å²) in [4.78, 5) is 9.21. The molecule has 0 atom stereocenters. The minimum Gasteiger partial charge on any atom is -0.236 e. The molecule has 0 radical (unpaired) electrons. The van der Waals surface area contributed by atoms with Gasteiger partial charge in [0.2, 0.25) is 0 Å². The Kier molecular flexibility index (Phi) is 6.11. The fourth-order valence-electron chi connectivity index (χ4n) is 2.76. The van der Waals surface area contributed by atoms with Crippen LogP contribution >= 0.6 is 0 Å². The Balaban J connectivity index is 2.05. The van der Waals surface area contributed by atoms with Crippen molar-refractivity contribution in [2.24, 2.45) is 0 Å². The number of hydrogen-bond donors (Lipinski definition) is 0. The Bertz CT molecular complexity index is 585. The van der Waals surface area contributed by atoms with Crippen LogP contribution in [0.15, 0.2) is 30.5 Å². The molecule has 0 bridgehead atoms. The molecule has 2 nitrogen and oxygen atoms in total. The van der Waals surface area contributed by atoms with Crippen LogP contribution in [-0.4, -0.2) is 9.97 Å². The lowest BCUT2D eigenvalue weighted by molar-refractivity contribution is 0.667. The van der Waals surface area contributed by atoms with Gasteiger partial charge in [-0.05, 0) is 36.8 Å². The lowest BCUT2D eigenvalue weighted by Crippen LogP contribution is -1.99. The molecule has 0 spiro atoms. The predicted molar refractivity (Wildman–Crippen MR) is 94.1 cm³/mol. The average Bonchev–Trinajstić information content (AvgIpc) is 2.52. The summed E-state index contributed by atoms with van der Waals surface area (Å²) in [5, 5.41) is 0. The first-order valence-electron chi connectivity index (χ1n) is 8.54. The fraction of sp³-hybridized carbons (Fsp3) is 0.500. The van der Waals surface area contributed by atoms with Crippen molar-refractivity contribution >= 4 is 0 Å². The van der Waals surface area contributed by atoms with E-state index in [1.54, 1.807) is 0 Å². The maximum absolute atomic E-state index is 4.67. The smallest absolute Gasteiger partial charge is 0.159 e. The van der Waals surface area contributed by atoms with Crippen molar-refractivity contribution in [1.29, 1.82) is 0 Å². The second-order valence-corrected chi connectivity index (χ2v) is 6.40. The Labute approximate surface area is 135 Å². The molecule has 0 aliphatic heterocycles. The second-order valence-electron chi connectivity index (χ2n) is 6.40. The van der Waals surface area contributed by atoms with Crippen LogP contribution in [0.5, 0.6) is 0 Å². The molecule has 2 aromatic rings. The van der Waals surface area contributed by atoms with Gasteiger partial charge < -0.3 is 0 Å². The van der Waals surface area contributed by atoms with Gasteiger partial charge in [0.15, 0.2) is 5.82 Å². The Hall–Kier alpha value is -1.70. The van der Waals surface area contributed by atoms with Crippen LogP contribution in [0.4, 0.5) is 0 Å². The summed E-state index contributed by atoms with van der Waals surface area (Å²) in [5.74, 6) is 1.30. The van der Waals surface area contributed by atoms with Gasteiger partial charge >= 0.3 is 0 Å². The second kappa shape index (κ2) is 8.07. The molecular weight excluding hydrogens is 268 g/mol. The van der Waals surface area contributed by atoms with E-state index in [0.29, 0.717) is 5.92 Å². The summed E-state index contributed by atoms with van der Waals surface area (Å²) in [7, 11) is 0. The average molecular weight is 296 g/mol. The lowest BCUT2D eigenvalue weighted by Gasteiger charge is -2.10. The summed E-state index contributed by atoms with van der Waals surface area (Å²) in [5.41, 5.74) is 4.84. The van der Waals surface area contributed by atoms with E-state index in [4.69, 9.17) is 0 Å². The zero-order chi connectivity index (χ0) is 15.9. The number of aromatic nitrogens is 2. The molecule has 0 aliphatic carbocycles. The standard InChI is InChI=1S/C20H28N2/c1-5-6-7-8-9-17-10-12-18(13-11-17)20-21-14-19(15(2)3)16(4)22-20/h10-15H,5-9H2,1-4H3. The van der Waals surface area contributed by atoms with Crippen molar-refractivity contribution in [3.63, 3.8) is 0 Å². The van der Waals surface area contributed by atoms with Gasteiger partial charge in [0.25, 0.3) is 0 Å². The van der Waals surface area contributed by atoms with Gasteiger partial charge in [-0.25, -0.2) is 9.97 Å². The van der Waals surface area contributed by atoms with Crippen molar-refractivity contribution in [2.75, 3.05) is 0 Å². The number of rotatable bonds is 7. The highest BCUT2D eigenvalue weighted by Gasteiger charge is 2.08. The van der Waals surface area contributed by atoms with Crippen molar-refractivity contribution in [1.82, 2.24) is 9.97 Å². The highest BCUT2D eigenvalue weighted by Crippen LogP contribution is 2.21. The Morgan fingerprint density at radius 3 is 2.32 bits per heavy atom. The van der Waals surface area contributed by atoms with Gasteiger partial charge in [0, 0.05) is 17.5 Å². The summed E-state index contributed by atoms with van der Waals surface area (Å²) < 4.78 is 0. The molecule has 2 rings (SSSR count). The highest BCUT2D eigenvalue weighted by molar-refractivity contribution is 5.55. The van der Waals surface area contributed by atoms with E-state index >= 15 is 0 Å². The van der Waals surface area contributed by atoms with Crippen LogP contribution in [0.2, 0.25) is 0 Å². The zero-order valence-corrected chi connectivity index (χ0v) is 14.4. The summed E-state index contributed by atoms with van der Waals surface area (Å²) >= 11 is 0. The molecule has 0 aliphatic rings. The van der Waals surface area contributed by atoms with E-state index in [9.17, 15) is 0 Å². The van der Waals surface area contributed by atoms with Crippen molar-refractivity contribution in [3.8, 4) is 11.4 Å². The lowest BCUT2D eigenvalue weighted by atomic mass is 10.0. The van der Waals surface area contributed by atoms with Gasteiger partial charge in [-0.15, -0.1) is 0 Å². The van der Waals surface area contributed by atoms with E-state index in [0.717, 1.165) is 17.1 Å². The summed E-state index contributed by atoms with van der Waals surface area (Å²) in [6.45, 7) is 8.68. The Morgan fingerprint density at radius 1 is 1.00 bits per heavy atom. The predicted octanol–water partition coefficient (Wildman–Crippen LogP) is 5.70. The van der Waals surface area contributed by atoms with Crippen molar-refractivity contribution in [2.45, 2.75) is 65.7 Å². The van der Waals surface area contributed by atoms with Crippen LogP contribution in [0.25, 0.3) is 11.4 Å². The van der Waals surface area contributed by atoms with E-state index in [1.807, 2.05) is 6.20 Å². The number of unbranched alkanes of at least 4 members (excludes halogenated alkanes) is 3. The molecule has 0 saturated carbocycles. The topological polar surface area (TPSA) is 25.8 Å². The molecule has 1 aromatic carbocycles.